The van der Waals surface area contributed by atoms with Crippen LogP contribution in [-0.4, -0.2) is 15.9 Å². The maximum absolute atomic E-state index is 12.8. The van der Waals surface area contributed by atoms with E-state index in [1.807, 2.05) is 0 Å². The van der Waals surface area contributed by atoms with E-state index in [2.05, 4.69) is 10.1 Å². The molecule has 112 valence electrons. The van der Waals surface area contributed by atoms with Crippen LogP contribution in [0.3, 0.4) is 0 Å². The third kappa shape index (κ3) is 3.30. The van der Waals surface area contributed by atoms with Gasteiger partial charge in [0.2, 0.25) is 5.95 Å². The molecule has 1 heterocycles. The van der Waals surface area contributed by atoms with E-state index in [9.17, 15) is 13.2 Å². The van der Waals surface area contributed by atoms with Crippen molar-refractivity contribution in [1.29, 1.82) is 0 Å². The van der Waals surface area contributed by atoms with Crippen molar-refractivity contribution in [3.8, 4) is 0 Å². The number of benzene rings is 1. The van der Waals surface area contributed by atoms with Gasteiger partial charge in [-0.05, 0) is 19.1 Å². The summed E-state index contributed by atoms with van der Waals surface area (Å²) in [4.78, 5) is 3.91. The summed E-state index contributed by atoms with van der Waals surface area (Å²) >= 11 is 11.6. The number of aromatic nitrogens is 2. The maximum Gasteiger partial charge on any atom is 0.417 e. The Kier molecular flexibility index (Phi) is 4.15. The van der Waals surface area contributed by atoms with Crippen molar-refractivity contribution in [2.45, 2.75) is 13.1 Å². The number of nitrogen functional groups attached to an aromatic ring is 1. The summed E-state index contributed by atoms with van der Waals surface area (Å²) in [6.45, 7) is 1.70. The molecule has 2 rings (SSSR count). The lowest BCUT2D eigenvalue weighted by Crippen LogP contribution is -2.07. The monoisotopic (exact) mass is 336 g/mol. The lowest BCUT2D eigenvalue weighted by molar-refractivity contribution is -0.137. The second-order valence-electron chi connectivity index (χ2n) is 4.15. The molecule has 2 aromatic rings. The van der Waals surface area contributed by atoms with Crippen LogP contribution in [0.1, 0.15) is 16.8 Å². The molecule has 0 fully saturated rings. The Bertz CT molecular complexity index is 707. The number of hydrogen-bond donors (Lipinski definition) is 1. The summed E-state index contributed by atoms with van der Waals surface area (Å²) < 4.78 is 39.6. The first-order valence-electron chi connectivity index (χ1n) is 5.61. The fourth-order valence-electron chi connectivity index (χ4n) is 1.62. The number of hydrogen-bond acceptors (Lipinski definition) is 3. The maximum atomic E-state index is 12.8. The average Bonchev–Trinajstić information content (AvgIpc) is 2.66. The molecule has 9 heteroatoms. The summed E-state index contributed by atoms with van der Waals surface area (Å²) in [5.41, 5.74) is 5.17. The summed E-state index contributed by atoms with van der Waals surface area (Å²) in [6.07, 6.45) is -1.95. The second kappa shape index (κ2) is 5.57. The molecule has 1 aromatic heterocycles. The van der Waals surface area contributed by atoms with E-state index in [0.717, 1.165) is 18.3 Å². The highest BCUT2D eigenvalue weighted by Gasteiger charge is 2.34. The van der Waals surface area contributed by atoms with Gasteiger partial charge in [-0.1, -0.05) is 23.2 Å². The molecule has 0 unspecified atom stereocenters. The van der Waals surface area contributed by atoms with Gasteiger partial charge in [0.25, 0.3) is 0 Å². The molecule has 0 aliphatic rings. The van der Waals surface area contributed by atoms with Gasteiger partial charge in [0, 0.05) is 5.56 Å². The van der Waals surface area contributed by atoms with E-state index in [1.54, 1.807) is 6.92 Å². The predicted molar refractivity (Wildman–Crippen MR) is 75.8 cm³/mol. The zero-order chi connectivity index (χ0) is 15.8. The molecule has 0 amide bonds. The number of imidazole rings is 1. The molecule has 0 radical (unpaired) electrons. The molecule has 0 spiro atoms. The molecule has 0 atom stereocenters. The van der Waals surface area contributed by atoms with Crippen LogP contribution in [0.5, 0.6) is 0 Å². The van der Waals surface area contributed by atoms with Crippen molar-refractivity contribution >= 4 is 35.4 Å². The van der Waals surface area contributed by atoms with Gasteiger partial charge in [0.15, 0.2) is 0 Å². The molecular formula is C12H9Cl2F3N4. The van der Waals surface area contributed by atoms with E-state index in [4.69, 9.17) is 28.9 Å². The molecule has 0 bridgehead atoms. The minimum Gasteiger partial charge on any atom is -0.368 e. The third-order valence-corrected chi connectivity index (χ3v) is 3.31. The molecule has 21 heavy (non-hydrogen) atoms. The number of nitrogens with zero attached hydrogens (tertiary/aromatic N) is 3. The second-order valence-corrected chi connectivity index (χ2v) is 4.94. The number of nitrogens with two attached hydrogens (primary N) is 1. The van der Waals surface area contributed by atoms with Crippen molar-refractivity contribution in [3.63, 3.8) is 0 Å². The van der Waals surface area contributed by atoms with Crippen molar-refractivity contribution in [3.05, 3.63) is 45.2 Å². The smallest absolute Gasteiger partial charge is 0.368 e. The lowest BCUT2D eigenvalue weighted by atomic mass is 10.1. The van der Waals surface area contributed by atoms with Crippen molar-refractivity contribution in [2.24, 2.45) is 5.10 Å². The predicted octanol–water partition coefficient (Wildman–Crippen LogP) is 3.98. The normalized spacial score (nSPS) is 12.3. The highest BCUT2D eigenvalue weighted by Crippen LogP contribution is 2.38. The Labute approximate surface area is 128 Å². The van der Waals surface area contributed by atoms with E-state index in [0.29, 0.717) is 5.69 Å². The van der Waals surface area contributed by atoms with Gasteiger partial charge in [0.1, 0.15) is 0 Å². The van der Waals surface area contributed by atoms with Crippen LogP contribution in [-0.2, 0) is 6.18 Å². The first kappa shape index (κ1) is 15.7. The largest absolute Gasteiger partial charge is 0.417 e. The fraction of sp³-hybridized carbons (Fsp3) is 0.167. The molecule has 0 saturated heterocycles. The SMILES string of the molecule is Cc1cn(N=Cc2c(Cl)ccc(C(F)(F)F)c2Cl)c(N)n1. The number of aryl methyl sites for hydroxylation is 1. The summed E-state index contributed by atoms with van der Waals surface area (Å²) in [7, 11) is 0. The zero-order valence-electron chi connectivity index (χ0n) is 10.6. The van der Waals surface area contributed by atoms with Crippen LogP contribution in [0.15, 0.2) is 23.4 Å². The Morgan fingerprint density at radius 1 is 1.33 bits per heavy atom. The highest BCUT2D eigenvalue weighted by atomic mass is 35.5. The summed E-state index contributed by atoms with van der Waals surface area (Å²) in [5, 5.41) is 3.44. The van der Waals surface area contributed by atoms with E-state index in [1.165, 1.54) is 10.9 Å². The van der Waals surface area contributed by atoms with Crippen LogP contribution < -0.4 is 5.73 Å². The topological polar surface area (TPSA) is 56.2 Å². The standard InChI is InChI=1S/C12H9Cl2F3N4/c1-6-5-21(11(18)20-6)19-4-7-9(13)3-2-8(10(7)14)12(15,16)17/h2-5H,1H3,(H2,18,20). The zero-order valence-corrected chi connectivity index (χ0v) is 12.1. The first-order chi connectivity index (χ1) is 9.70. The van der Waals surface area contributed by atoms with Crippen LogP contribution in [0, 0.1) is 6.92 Å². The average molecular weight is 337 g/mol. The molecule has 2 N–H and O–H groups in total. The number of halogens is 5. The molecule has 1 aromatic carbocycles. The molecule has 0 saturated carbocycles. The van der Waals surface area contributed by atoms with E-state index in [-0.39, 0.29) is 16.5 Å². The van der Waals surface area contributed by atoms with Gasteiger partial charge in [-0.15, -0.1) is 0 Å². The van der Waals surface area contributed by atoms with Crippen LogP contribution >= 0.6 is 23.2 Å². The third-order valence-electron chi connectivity index (χ3n) is 2.58. The van der Waals surface area contributed by atoms with Gasteiger partial charge >= 0.3 is 6.18 Å². The molecular weight excluding hydrogens is 328 g/mol. The molecule has 0 aliphatic heterocycles. The number of rotatable bonds is 2. The van der Waals surface area contributed by atoms with Crippen LogP contribution in [0.25, 0.3) is 0 Å². The first-order valence-corrected chi connectivity index (χ1v) is 6.36. The minimum atomic E-state index is -4.57. The molecule has 4 nitrogen and oxygen atoms in total. The fourth-order valence-corrected chi connectivity index (χ4v) is 2.20. The lowest BCUT2D eigenvalue weighted by Gasteiger charge is -2.11. The van der Waals surface area contributed by atoms with Crippen molar-refractivity contribution in [2.75, 3.05) is 5.73 Å². The van der Waals surface area contributed by atoms with Gasteiger partial charge in [-0.2, -0.15) is 18.3 Å². The van der Waals surface area contributed by atoms with E-state index < -0.39 is 16.8 Å². The van der Waals surface area contributed by atoms with E-state index >= 15 is 0 Å². The Morgan fingerprint density at radius 3 is 2.52 bits per heavy atom. The Hall–Kier alpha value is -1.73. The van der Waals surface area contributed by atoms with Crippen molar-refractivity contribution < 1.29 is 13.2 Å². The van der Waals surface area contributed by atoms with Crippen LogP contribution in [0.2, 0.25) is 10.0 Å². The van der Waals surface area contributed by atoms with Gasteiger partial charge in [0.05, 0.1) is 33.7 Å². The minimum absolute atomic E-state index is 0.0427. The Balaban J connectivity index is 2.47. The van der Waals surface area contributed by atoms with Crippen molar-refractivity contribution in [1.82, 2.24) is 9.66 Å². The quantitative estimate of drug-likeness (QED) is 0.843. The van der Waals surface area contributed by atoms with Crippen LogP contribution in [0.4, 0.5) is 19.1 Å². The van der Waals surface area contributed by atoms with Gasteiger partial charge in [-0.3, -0.25) is 0 Å². The summed E-state index contributed by atoms with van der Waals surface area (Å²) in [5.74, 6) is 0.1000. The Morgan fingerprint density at radius 2 is 2.00 bits per heavy atom. The number of alkyl halides is 3. The van der Waals surface area contributed by atoms with Gasteiger partial charge < -0.3 is 5.73 Å². The van der Waals surface area contributed by atoms with Gasteiger partial charge in [-0.25, -0.2) is 9.66 Å². The summed E-state index contributed by atoms with van der Waals surface area (Å²) in [6, 6.07) is 1.93. The molecule has 0 aliphatic carbocycles. The highest BCUT2D eigenvalue weighted by molar-refractivity contribution is 6.39. The number of anilines is 1.